The fourth-order valence-corrected chi connectivity index (χ4v) is 4.72. The average Bonchev–Trinajstić information content (AvgIpc) is 3.24. The van der Waals surface area contributed by atoms with E-state index in [9.17, 15) is 14.7 Å². The van der Waals surface area contributed by atoms with Gasteiger partial charge < -0.3 is 20.1 Å². The summed E-state index contributed by atoms with van der Waals surface area (Å²) in [6.07, 6.45) is -0.483. The van der Waals surface area contributed by atoms with Gasteiger partial charge in [-0.2, -0.15) is 0 Å². The van der Waals surface area contributed by atoms with E-state index in [1.165, 1.54) is 4.90 Å². The van der Waals surface area contributed by atoms with Crippen LogP contribution in [0.15, 0.2) is 42.5 Å². The lowest BCUT2D eigenvalue weighted by atomic mass is 9.81. The Balaban J connectivity index is 1.97. The monoisotopic (exact) mass is 429 g/mol. The normalized spacial score (nSPS) is 25.7. The summed E-state index contributed by atoms with van der Waals surface area (Å²) in [5.41, 5.74) is 0.668. The van der Waals surface area contributed by atoms with Crippen LogP contribution in [-0.2, 0) is 15.1 Å². The number of hydrogen-bond acceptors (Lipinski definition) is 5. The number of amides is 2. The van der Waals surface area contributed by atoms with Crippen LogP contribution in [-0.4, -0.2) is 66.6 Å². The summed E-state index contributed by atoms with van der Waals surface area (Å²) in [5, 5.41) is 13.9. The number of aliphatic hydroxyl groups excluding tert-OH is 1. The van der Waals surface area contributed by atoms with Crippen molar-refractivity contribution in [2.75, 3.05) is 33.1 Å². The van der Waals surface area contributed by atoms with Gasteiger partial charge in [-0.1, -0.05) is 23.7 Å². The van der Waals surface area contributed by atoms with Gasteiger partial charge in [0.2, 0.25) is 5.91 Å². The lowest BCUT2D eigenvalue weighted by Crippen LogP contribution is -2.57. The van der Waals surface area contributed by atoms with Gasteiger partial charge in [0, 0.05) is 36.9 Å². The van der Waals surface area contributed by atoms with Crippen molar-refractivity contribution in [1.29, 1.82) is 0 Å². The van der Waals surface area contributed by atoms with E-state index in [1.807, 2.05) is 12.1 Å². The fraction of sp³-hybridized carbons (Fsp3) is 0.364. The lowest BCUT2D eigenvalue weighted by molar-refractivity contribution is -0.138. The number of ether oxygens (including phenoxy) is 1. The summed E-state index contributed by atoms with van der Waals surface area (Å²) in [4.78, 5) is 29.9. The van der Waals surface area contributed by atoms with Crippen molar-refractivity contribution in [3.8, 4) is 5.75 Å². The number of likely N-dealkylation sites (N-methyl/N-ethyl adjacent to an activating group) is 1. The molecule has 0 aromatic heterocycles. The van der Waals surface area contributed by atoms with Crippen molar-refractivity contribution in [3.05, 3.63) is 58.6 Å². The number of anilines is 1. The smallest absolute Gasteiger partial charge is 0.254 e. The van der Waals surface area contributed by atoms with Gasteiger partial charge in [-0.15, -0.1) is 0 Å². The van der Waals surface area contributed by atoms with Gasteiger partial charge in [0.25, 0.3) is 5.91 Å². The predicted molar refractivity (Wildman–Crippen MR) is 114 cm³/mol. The second-order valence-electron chi connectivity index (χ2n) is 7.87. The van der Waals surface area contributed by atoms with Crippen LogP contribution >= 0.6 is 11.6 Å². The van der Waals surface area contributed by atoms with Crippen LogP contribution < -0.4 is 10.1 Å². The van der Waals surface area contributed by atoms with Gasteiger partial charge in [-0.25, -0.2) is 0 Å². The van der Waals surface area contributed by atoms with Crippen molar-refractivity contribution >= 4 is 29.1 Å². The predicted octanol–water partition coefficient (Wildman–Crippen LogP) is 2.07. The topological polar surface area (TPSA) is 82.1 Å². The average molecular weight is 430 g/mol. The second-order valence-corrected chi connectivity index (χ2v) is 8.31. The molecule has 0 bridgehead atoms. The van der Waals surface area contributed by atoms with Gasteiger partial charge in [0.05, 0.1) is 19.3 Å². The minimum absolute atomic E-state index is 0.164. The molecule has 1 fully saturated rings. The summed E-state index contributed by atoms with van der Waals surface area (Å²) in [7, 11) is 4.92. The standard InChI is InChI=1S/C22H24ClN3O4/c1-25(2)20(28)19-11-15(27)12-26(19)22(13-4-7-16(30-3)8-5-13)17-10-14(23)6-9-18(17)24-21(22)29/h4-10,15,19,27H,11-12H2,1-3H3,(H,24,29)/t15-,19+,22?/m1/s1. The van der Waals surface area contributed by atoms with E-state index in [0.717, 1.165) is 0 Å². The molecule has 7 nitrogen and oxygen atoms in total. The van der Waals surface area contributed by atoms with Gasteiger partial charge in [0.1, 0.15) is 5.75 Å². The van der Waals surface area contributed by atoms with Crippen LogP contribution in [0.1, 0.15) is 17.5 Å². The molecular formula is C22H24ClN3O4. The minimum Gasteiger partial charge on any atom is -0.497 e. The van der Waals surface area contributed by atoms with Gasteiger partial charge >= 0.3 is 0 Å². The number of benzene rings is 2. The number of hydrogen-bond donors (Lipinski definition) is 2. The first-order valence-corrected chi connectivity index (χ1v) is 10.1. The summed E-state index contributed by atoms with van der Waals surface area (Å²) < 4.78 is 5.28. The van der Waals surface area contributed by atoms with Crippen molar-refractivity contribution < 1.29 is 19.4 Å². The number of nitrogens with zero attached hydrogens (tertiary/aromatic N) is 2. The number of β-amino-alcohol motifs (C(OH)–C–C–N with tert-alkyl or cyclic N) is 1. The van der Waals surface area contributed by atoms with E-state index in [4.69, 9.17) is 16.3 Å². The molecule has 2 aliphatic rings. The van der Waals surface area contributed by atoms with E-state index in [2.05, 4.69) is 5.32 Å². The van der Waals surface area contributed by atoms with Crippen LogP contribution in [0.3, 0.4) is 0 Å². The molecule has 2 N–H and O–H groups in total. The third-order valence-electron chi connectivity index (χ3n) is 5.89. The lowest BCUT2D eigenvalue weighted by Gasteiger charge is -2.41. The molecule has 0 saturated carbocycles. The zero-order chi connectivity index (χ0) is 21.6. The summed E-state index contributed by atoms with van der Waals surface area (Å²) in [6, 6.07) is 11.8. The highest BCUT2D eigenvalue weighted by molar-refractivity contribution is 6.31. The third kappa shape index (κ3) is 3.05. The number of carbonyl (C=O) groups is 2. The number of methoxy groups -OCH3 is 1. The zero-order valence-corrected chi connectivity index (χ0v) is 17.8. The summed E-state index contributed by atoms with van der Waals surface area (Å²) in [6.45, 7) is 0.176. The molecular weight excluding hydrogens is 406 g/mol. The number of rotatable bonds is 4. The Kier molecular flexibility index (Phi) is 5.22. The maximum absolute atomic E-state index is 13.6. The molecule has 2 aliphatic heterocycles. The number of fused-ring (bicyclic) bond motifs is 1. The van der Waals surface area contributed by atoms with Gasteiger partial charge in [-0.3, -0.25) is 14.5 Å². The molecule has 4 rings (SSSR count). The summed E-state index contributed by atoms with van der Waals surface area (Å²) in [5.74, 6) is 0.208. The van der Waals surface area contributed by atoms with Gasteiger partial charge in [0.15, 0.2) is 5.54 Å². The number of halogens is 1. The molecule has 0 radical (unpaired) electrons. The van der Waals surface area contributed by atoms with Crippen molar-refractivity contribution in [2.45, 2.75) is 24.1 Å². The minimum atomic E-state index is -1.31. The zero-order valence-electron chi connectivity index (χ0n) is 17.1. The van der Waals surface area contributed by atoms with E-state index in [-0.39, 0.29) is 24.8 Å². The molecule has 2 aromatic carbocycles. The van der Waals surface area contributed by atoms with Crippen molar-refractivity contribution in [2.24, 2.45) is 0 Å². The van der Waals surface area contributed by atoms with Gasteiger partial charge in [-0.05, 0) is 42.3 Å². The molecule has 2 heterocycles. The first-order valence-electron chi connectivity index (χ1n) is 9.71. The molecule has 0 aliphatic carbocycles. The van der Waals surface area contributed by atoms with E-state index in [0.29, 0.717) is 27.6 Å². The van der Waals surface area contributed by atoms with E-state index in [1.54, 1.807) is 56.4 Å². The summed E-state index contributed by atoms with van der Waals surface area (Å²) >= 11 is 6.32. The highest BCUT2D eigenvalue weighted by atomic mass is 35.5. The van der Waals surface area contributed by atoms with Crippen LogP contribution in [0.4, 0.5) is 5.69 Å². The van der Waals surface area contributed by atoms with E-state index >= 15 is 0 Å². The largest absolute Gasteiger partial charge is 0.497 e. The first-order chi connectivity index (χ1) is 14.3. The molecule has 2 amide bonds. The highest BCUT2D eigenvalue weighted by Gasteiger charge is 2.58. The molecule has 1 saturated heterocycles. The number of nitrogens with one attached hydrogen (secondary N) is 1. The molecule has 3 atom stereocenters. The third-order valence-corrected chi connectivity index (χ3v) is 6.13. The number of carbonyl (C=O) groups excluding carboxylic acids is 2. The molecule has 30 heavy (non-hydrogen) atoms. The van der Waals surface area contributed by atoms with E-state index < -0.39 is 17.7 Å². The molecule has 1 unspecified atom stereocenters. The first kappa shape index (κ1) is 20.7. The Morgan fingerprint density at radius 3 is 2.60 bits per heavy atom. The molecule has 0 spiro atoms. The maximum atomic E-state index is 13.6. The Morgan fingerprint density at radius 2 is 1.97 bits per heavy atom. The molecule has 2 aromatic rings. The Hall–Kier alpha value is -2.61. The SMILES string of the molecule is COc1ccc(C2(N3C[C@H](O)C[C@H]3C(=O)N(C)C)C(=O)Nc3ccc(Cl)cc32)cc1. The number of aliphatic hydroxyl groups is 1. The Morgan fingerprint density at radius 1 is 1.27 bits per heavy atom. The van der Waals surface area contributed by atoms with Crippen LogP contribution in [0.25, 0.3) is 0 Å². The second kappa shape index (κ2) is 7.58. The Bertz CT molecular complexity index is 994. The van der Waals surface area contributed by atoms with Crippen molar-refractivity contribution in [3.63, 3.8) is 0 Å². The number of likely N-dealkylation sites (tertiary alicyclic amines) is 1. The maximum Gasteiger partial charge on any atom is 0.254 e. The molecule has 158 valence electrons. The van der Waals surface area contributed by atoms with Crippen LogP contribution in [0, 0.1) is 0 Å². The fourth-order valence-electron chi connectivity index (χ4n) is 4.55. The van der Waals surface area contributed by atoms with Crippen LogP contribution in [0.2, 0.25) is 5.02 Å². The molecule has 8 heteroatoms. The van der Waals surface area contributed by atoms with Crippen molar-refractivity contribution in [1.82, 2.24) is 9.80 Å². The Labute approximate surface area is 180 Å². The highest BCUT2D eigenvalue weighted by Crippen LogP contribution is 2.49. The van der Waals surface area contributed by atoms with Crippen LogP contribution in [0.5, 0.6) is 5.75 Å². The quantitative estimate of drug-likeness (QED) is 0.777.